The van der Waals surface area contributed by atoms with E-state index in [9.17, 15) is 0 Å². The third-order valence-electron chi connectivity index (χ3n) is 0.812. The number of nitrogens with one attached hydrogen (secondary N) is 3. The maximum absolute atomic E-state index is 4.89. The molecule has 0 saturated carbocycles. The van der Waals surface area contributed by atoms with Crippen molar-refractivity contribution in [2.75, 3.05) is 6.54 Å². The molecule has 0 aliphatic heterocycles. The van der Waals surface area contributed by atoms with Gasteiger partial charge in [0.25, 0.3) is 0 Å². The first-order valence-corrected chi connectivity index (χ1v) is 3.87. The Bertz CT molecular complexity index is 103. The molecule has 0 aromatic rings. The third-order valence-corrected chi connectivity index (χ3v) is 1.06. The van der Waals surface area contributed by atoms with Gasteiger partial charge in [-0.3, -0.25) is 5.43 Å². The summed E-state index contributed by atoms with van der Waals surface area (Å²) in [4.78, 5) is 0. The second kappa shape index (κ2) is 5.44. The van der Waals surface area contributed by atoms with Crippen molar-refractivity contribution in [2.24, 2.45) is 0 Å². The Morgan fingerprint density at radius 2 is 2.10 bits per heavy atom. The zero-order valence-electron chi connectivity index (χ0n) is 6.69. The molecular weight excluding hydrogens is 146 g/mol. The third kappa shape index (κ3) is 5.78. The van der Waals surface area contributed by atoms with E-state index in [1.54, 1.807) is 0 Å². The summed E-state index contributed by atoms with van der Waals surface area (Å²) in [5.41, 5.74) is 5.83. The van der Waals surface area contributed by atoms with E-state index in [0.29, 0.717) is 11.2 Å². The first kappa shape index (κ1) is 9.65. The Kier molecular flexibility index (Phi) is 5.25. The molecule has 4 heteroatoms. The Morgan fingerprint density at radius 1 is 1.50 bits per heavy atom. The molecule has 0 saturated heterocycles. The van der Waals surface area contributed by atoms with E-state index in [-0.39, 0.29) is 0 Å². The van der Waals surface area contributed by atoms with Gasteiger partial charge in [-0.05, 0) is 33.0 Å². The van der Waals surface area contributed by atoms with Crippen molar-refractivity contribution in [2.45, 2.75) is 26.8 Å². The van der Waals surface area contributed by atoms with Crippen molar-refractivity contribution >= 4 is 17.3 Å². The van der Waals surface area contributed by atoms with Crippen LogP contribution in [0, 0.1) is 0 Å². The molecule has 0 aliphatic carbocycles. The number of rotatable bonds is 3. The monoisotopic (exact) mass is 161 g/mol. The minimum atomic E-state index is 0.400. The zero-order chi connectivity index (χ0) is 7.98. The van der Waals surface area contributed by atoms with Crippen LogP contribution < -0.4 is 16.2 Å². The summed E-state index contributed by atoms with van der Waals surface area (Å²) in [6.45, 7) is 6.94. The lowest BCUT2D eigenvalue weighted by Crippen LogP contribution is -2.46. The van der Waals surface area contributed by atoms with Crippen LogP contribution in [-0.4, -0.2) is 17.7 Å². The van der Waals surface area contributed by atoms with Crippen molar-refractivity contribution < 1.29 is 0 Å². The molecule has 0 fully saturated rings. The van der Waals surface area contributed by atoms with E-state index in [0.717, 1.165) is 6.54 Å². The maximum atomic E-state index is 4.89. The highest BCUT2D eigenvalue weighted by Crippen LogP contribution is 1.70. The highest BCUT2D eigenvalue weighted by Gasteiger charge is 1.92. The minimum Gasteiger partial charge on any atom is -0.362 e. The van der Waals surface area contributed by atoms with Crippen molar-refractivity contribution in [1.29, 1.82) is 0 Å². The fraction of sp³-hybridized carbons (Fsp3) is 0.833. The molecule has 0 rings (SSSR count). The second-order valence-electron chi connectivity index (χ2n) is 2.28. The van der Waals surface area contributed by atoms with Crippen LogP contribution >= 0.6 is 12.2 Å². The molecule has 0 aromatic carbocycles. The van der Waals surface area contributed by atoms with Crippen LogP contribution in [-0.2, 0) is 0 Å². The van der Waals surface area contributed by atoms with Crippen LogP contribution in [0.25, 0.3) is 0 Å². The summed E-state index contributed by atoms with van der Waals surface area (Å²) in [5, 5.41) is 3.61. The van der Waals surface area contributed by atoms with Crippen LogP contribution in [0.1, 0.15) is 20.8 Å². The van der Waals surface area contributed by atoms with E-state index in [1.165, 1.54) is 0 Å². The van der Waals surface area contributed by atoms with Gasteiger partial charge in [0.2, 0.25) is 0 Å². The summed E-state index contributed by atoms with van der Waals surface area (Å²) in [6.07, 6.45) is 0. The summed E-state index contributed by atoms with van der Waals surface area (Å²) in [5.74, 6) is 0. The summed E-state index contributed by atoms with van der Waals surface area (Å²) in [7, 11) is 0. The average molecular weight is 161 g/mol. The Labute approximate surface area is 67.5 Å². The molecule has 3 nitrogen and oxygen atoms in total. The normalized spacial score (nSPS) is 9.60. The highest BCUT2D eigenvalue weighted by atomic mass is 32.1. The maximum Gasteiger partial charge on any atom is 0.180 e. The largest absolute Gasteiger partial charge is 0.362 e. The second-order valence-corrected chi connectivity index (χ2v) is 2.69. The van der Waals surface area contributed by atoms with Gasteiger partial charge in [-0.25, -0.2) is 5.43 Å². The zero-order valence-corrected chi connectivity index (χ0v) is 7.51. The van der Waals surface area contributed by atoms with Crippen LogP contribution in [0.4, 0.5) is 0 Å². The molecule has 60 valence electrons. The lowest BCUT2D eigenvalue weighted by molar-refractivity contribution is 0.553. The highest BCUT2D eigenvalue weighted by molar-refractivity contribution is 7.80. The first-order chi connectivity index (χ1) is 4.66. The van der Waals surface area contributed by atoms with Gasteiger partial charge in [0.1, 0.15) is 0 Å². The van der Waals surface area contributed by atoms with E-state index in [2.05, 4.69) is 16.2 Å². The fourth-order valence-corrected chi connectivity index (χ4v) is 0.618. The molecule has 0 amide bonds. The predicted molar refractivity (Wildman–Crippen MR) is 47.7 cm³/mol. The van der Waals surface area contributed by atoms with Crippen LogP contribution in [0.3, 0.4) is 0 Å². The number of hydrogen-bond donors (Lipinski definition) is 3. The molecule has 3 N–H and O–H groups in total. The quantitative estimate of drug-likeness (QED) is 0.413. The Hall–Kier alpha value is -0.350. The summed E-state index contributed by atoms with van der Waals surface area (Å²) in [6, 6.07) is 0.400. The lowest BCUT2D eigenvalue weighted by atomic mass is 10.4. The molecule has 0 bridgehead atoms. The van der Waals surface area contributed by atoms with Gasteiger partial charge in [0.05, 0.1) is 0 Å². The summed E-state index contributed by atoms with van der Waals surface area (Å²) < 4.78 is 0. The molecular formula is C6H15N3S. The van der Waals surface area contributed by atoms with E-state index >= 15 is 0 Å². The van der Waals surface area contributed by atoms with Gasteiger partial charge in [-0.1, -0.05) is 0 Å². The van der Waals surface area contributed by atoms with Crippen LogP contribution in [0.2, 0.25) is 0 Å². The smallest absolute Gasteiger partial charge is 0.180 e. The number of hydrazine groups is 1. The Morgan fingerprint density at radius 3 is 2.50 bits per heavy atom. The molecule has 0 aromatic heterocycles. The molecule has 0 aliphatic rings. The van der Waals surface area contributed by atoms with Gasteiger partial charge in [0, 0.05) is 12.6 Å². The van der Waals surface area contributed by atoms with Gasteiger partial charge >= 0.3 is 0 Å². The fourth-order valence-electron chi connectivity index (χ4n) is 0.415. The van der Waals surface area contributed by atoms with Gasteiger partial charge in [0.15, 0.2) is 5.11 Å². The average Bonchev–Trinajstić information content (AvgIpc) is 1.85. The first-order valence-electron chi connectivity index (χ1n) is 3.46. The van der Waals surface area contributed by atoms with Crippen molar-refractivity contribution in [1.82, 2.24) is 16.2 Å². The molecule has 10 heavy (non-hydrogen) atoms. The van der Waals surface area contributed by atoms with Crippen molar-refractivity contribution in [3.63, 3.8) is 0 Å². The number of hydrogen-bond acceptors (Lipinski definition) is 2. The lowest BCUT2D eigenvalue weighted by Gasteiger charge is -2.11. The molecule has 0 radical (unpaired) electrons. The predicted octanol–water partition coefficient (Wildman–Crippen LogP) is 0.383. The van der Waals surface area contributed by atoms with Gasteiger partial charge in [-0.2, -0.15) is 0 Å². The van der Waals surface area contributed by atoms with Gasteiger partial charge < -0.3 is 5.32 Å². The van der Waals surface area contributed by atoms with Crippen LogP contribution in [0.5, 0.6) is 0 Å². The van der Waals surface area contributed by atoms with Crippen molar-refractivity contribution in [3.05, 3.63) is 0 Å². The van der Waals surface area contributed by atoms with Crippen molar-refractivity contribution in [3.8, 4) is 0 Å². The van der Waals surface area contributed by atoms with E-state index in [1.807, 2.05) is 20.8 Å². The van der Waals surface area contributed by atoms with E-state index in [4.69, 9.17) is 12.2 Å². The Balaban J connectivity index is 3.22. The summed E-state index contributed by atoms with van der Waals surface area (Å²) >= 11 is 4.89. The molecule has 0 unspecified atom stereocenters. The molecule has 0 atom stereocenters. The van der Waals surface area contributed by atoms with Gasteiger partial charge in [-0.15, -0.1) is 0 Å². The standard InChI is InChI=1S/C6H15N3S/c1-4-7-6(10)9-8-5(2)3/h5,8H,4H2,1-3H3,(H2,7,9,10). The molecule has 0 heterocycles. The van der Waals surface area contributed by atoms with E-state index < -0.39 is 0 Å². The number of thiocarbonyl (C=S) groups is 1. The van der Waals surface area contributed by atoms with Crippen LogP contribution in [0.15, 0.2) is 0 Å². The molecule has 0 spiro atoms. The topological polar surface area (TPSA) is 36.1 Å². The minimum absolute atomic E-state index is 0.400. The SMILES string of the molecule is CCNC(=S)NNC(C)C.